The number of pyridine rings is 1. The zero-order chi connectivity index (χ0) is 17.8. The molecule has 0 N–H and O–H groups in total. The van der Waals surface area contributed by atoms with Crippen molar-refractivity contribution in [1.29, 1.82) is 0 Å². The Morgan fingerprint density at radius 1 is 1.12 bits per heavy atom. The fourth-order valence-electron chi connectivity index (χ4n) is 2.44. The van der Waals surface area contributed by atoms with Crippen LogP contribution in [0.4, 0.5) is 0 Å². The molecule has 128 valence electrons. The summed E-state index contributed by atoms with van der Waals surface area (Å²) in [6, 6.07) is 11.7. The van der Waals surface area contributed by atoms with Crippen molar-refractivity contribution in [3.63, 3.8) is 0 Å². The molecule has 0 unspecified atom stereocenters. The number of aromatic nitrogens is 1. The Kier molecular flexibility index (Phi) is 5.14. The number of ether oxygens (including phenoxy) is 2. The average Bonchev–Trinajstić information content (AvgIpc) is 3.11. The van der Waals surface area contributed by atoms with Crippen molar-refractivity contribution in [2.75, 3.05) is 7.11 Å². The summed E-state index contributed by atoms with van der Waals surface area (Å²) in [5.74, 6) is 1.50. The van der Waals surface area contributed by atoms with Crippen LogP contribution >= 0.6 is 11.3 Å². The first-order valence-electron chi connectivity index (χ1n) is 7.89. The van der Waals surface area contributed by atoms with Crippen LogP contribution in [0.25, 0.3) is 10.4 Å². The van der Waals surface area contributed by atoms with E-state index in [1.165, 1.54) is 11.3 Å². The third-order valence-corrected chi connectivity index (χ3v) is 4.98. The molecule has 1 aromatic carbocycles. The van der Waals surface area contributed by atoms with Crippen LogP contribution in [-0.4, -0.2) is 17.9 Å². The number of aryl methyl sites for hydroxylation is 1. The van der Waals surface area contributed by atoms with Crippen molar-refractivity contribution in [3.8, 4) is 21.9 Å². The van der Waals surface area contributed by atoms with E-state index in [0.29, 0.717) is 18.1 Å². The number of nitrogens with zero attached hydrogens (tertiary/aromatic N) is 1. The van der Waals surface area contributed by atoms with E-state index < -0.39 is 0 Å². The second-order valence-corrected chi connectivity index (χ2v) is 6.83. The van der Waals surface area contributed by atoms with E-state index >= 15 is 0 Å². The Bertz CT molecular complexity index is 901. The normalized spacial score (nSPS) is 10.5. The number of benzene rings is 1. The summed E-state index contributed by atoms with van der Waals surface area (Å²) in [4.78, 5) is 17.5. The highest BCUT2D eigenvalue weighted by Crippen LogP contribution is 2.30. The molecule has 0 spiro atoms. The number of ketones is 1. The van der Waals surface area contributed by atoms with Gasteiger partial charge in [-0.1, -0.05) is 6.07 Å². The van der Waals surface area contributed by atoms with Gasteiger partial charge in [-0.25, -0.2) is 0 Å². The van der Waals surface area contributed by atoms with Gasteiger partial charge in [0.2, 0.25) is 0 Å². The fourth-order valence-corrected chi connectivity index (χ4v) is 3.32. The lowest BCUT2D eigenvalue weighted by Crippen LogP contribution is -1.98. The first-order chi connectivity index (χ1) is 12.1. The predicted octanol–water partition coefficient (Wildman–Crippen LogP) is 4.91. The molecule has 0 radical (unpaired) electrons. The molecule has 0 aliphatic heterocycles. The minimum atomic E-state index is 0.0789. The van der Waals surface area contributed by atoms with Crippen LogP contribution in [0.15, 0.2) is 48.8 Å². The highest BCUT2D eigenvalue weighted by Gasteiger charge is 2.09. The van der Waals surface area contributed by atoms with Crippen LogP contribution in [0.1, 0.15) is 27.7 Å². The van der Waals surface area contributed by atoms with Gasteiger partial charge in [0, 0.05) is 28.4 Å². The van der Waals surface area contributed by atoms with Crippen LogP contribution in [-0.2, 0) is 6.61 Å². The van der Waals surface area contributed by atoms with Gasteiger partial charge in [0.1, 0.15) is 6.61 Å². The summed E-state index contributed by atoms with van der Waals surface area (Å²) < 4.78 is 11.2. The van der Waals surface area contributed by atoms with Crippen LogP contribution in [0, 0.1) is 6.92 Å². The number of hydrogen-bond donors (Lipinski definition) is 0. The van der Waals surface area contributed by atoms with Crippen LogP contribution in [0.2, 0.25) is 0 Å². The van der Waals surface area contributed by atoms with Gasteiger partial charge in [-0.15, -0.1) is 11.3 Å². The van der Waals surface area contributed by atoms with E-state index in [0.717, 1.165) is 26.4 Å². The molecule has 0 aliphatic carbocycles. The van der Waals surface area contributed by atoms with Crippen LogP contribution < -0.4 is 9.47 Å². The molecule has 2 heterocycles. The minimum Gasteiger partial charge on any atom is -0.493 e. The first-order valence-corrected chi connectivity index (χ1v) is 8.71. The molecule has 0 saturated carbocycles. The van der Waals surface area contributed by atoms with Gasteiger partial charge < -0.3 is 9.47 Å². The zero-order valence-corrected chi connectivity index (χ0v) is 15.2. The highest BCUT2D eigenvalue weighted by molar-refractivity contribution is 7.17. The standard InChI is InChI=1S/C20H19NO3S/c1-13-4-5-17(18(8-13)23-3)24-12-15-9-16(11-21-10-15)20-7-6-19(25-20)14(2)22/h4-11H,12H2,1-3H3. The molecule has 0 fully saturated rings. The Balaban J connectivity index is 1.77. The summed E-state index contributed by atoms with van der Waals surface area (Å²) in [5, 5.41) is 0. The van der Waals surface area contributed by atoms with Gasteiger partial charge in [-0.05, 0) is 49.7 Å². The van der Waals surface area contributed by atoms with E-state index in [1.807, 2.05) is 43.3 Å². The molecule has 25 heavy (non-hydrogen) atoms. The quantitative estimate of drug-likeness (QED) is 0.591. The summed E-state index contributed by atoms with van der Waals surface area (Å²) >= 11 is 1.47. The van der Waals surface area contributed by atoms with Gasteiger partial charge >= 0.3 is 0 Å². The molecule has 0 bridgehead atoms. The number of methoxy groups -OCH3 is 1. The SMILES string of the molecule is COc1cc(C)ccc1OCc1cncc(-c2ccc(C(C)=O)s2)c1. The lowest BCUT2D eigenvalue weighted by Gasteiger charge is -2.11. The van der Waals surface area contributed by atoms with Crippen molar-refractivity contribution in [1.82, 2.24) is 4.98 Å². The van der Waals surface area contributed by atoms with Crippen molar-refractivity contribution < 1.29 is 14.3 Å². The summed E-state index contributed by atoms with van der Waals surface area (Å²) in [5.41, 5.74) is 3.05. The average molecular weight is 353 g/mol. The number of carbonyl (C=O) groups excluding carboxylic acids is 1. The molecule has 0 amide bonds. The monoisotopic (exact) mass is 353 g/mol. The lowest BCUT2D eigenvalue weighted by molar-refractivity contribution is 0.102. The Hall–Kier alpha value is -2.66. The molecule has 2 aromatic heterocycles. The smallest absolute Gasteiger partial charge is 0.169 e. The molecule has 0 atom stereocenters. The van der Waals surface area contributed by atoms with Gasteiger partial charge in [-0.2, -0.15) is 0 Å². The fraction of sp³-hybridized carbons (Fsp3) is 0.200. The Morgan fingerprint density at radius 3 is 2.68 bits per heavy atom. The largest absolute Gasteiger partial charge is 0.493 e. The van der Waals surface area contributed by atoms with E-state index in [4.69, 9.17) is 9.47 Å². The van der Waals surface area contributed by atoms with Crippen LogP contribution in [0.5, 0.6) is 11.5 Å². The summed E-state index contributed by atoms with van der Waals surface area (Å²) in [6.07, 6.45) is 3.58. The first kappa shape index (κ1) is 17.2. The molecule has 3 aromatic rings. The van der Waals surface area contributed by atoms with Crippen molar-refractivity contribution in [3.05, 3.63) is 64.8 Å². The van der Waals surface area contributed by atoms with E-state index in [-0.39, 0.29) is 5.78 Å². The minimum absolute atomic E-state index is 0.0789. The molecule has 3 rings (SSSR count). The van der Waals surface area contributed by atoms with Crippen molar-refractivity contribution >= 4 is 17.1 Å². The molecule has 0 aliphatic rings. The van der Waals surface area contributed by atoms with Gasteiger partial charge in [0.15, 0.2) is 17.3 Å². The summed E-state index contributed by atoms with van der Waals surface area (Å²) in [6.45, 7) is 3.98. The van der Waals surface area contributed by atoms with Crippen LogP contribution in [0.3, 0.4) is 0 Å². The molecular formula is C20H19NO3S. The highest BCUT2D eigenvalue weighted by atomic mass is 32.1. The van der Waals surface area contributed by atoms with Gasteiger partial charge in [-0.3, -0.25) is 9.78 Å². The number of rotatable bonds is 6. The predicted molar refractivity (Wildman–Crippen MR) is 99.6 cm³/mol. The van der Waals surface area contributed by atoms with E-state index in [1.54, 1.807) is 26.4 Å². The second-order valence-electron chi connectivity index (χ2n) is 5.74. The Morgan fingerprint density at radius 2 is 1.96 bits per heavy atom. The second kappa shape index (κ2) is 7.49. The maximum Gasteiger partial charge on any atom is 0.169 e. The lowest BCUT2D eigenvalue weighted by atomic mass is 10.2. The number of thiophene rings is 1. The zero-order valence-electron chi connectivity index (χ0n) is 14.4. The van der Waals surface area contributed by atoms with Gasteiger partial charge in [0.25, 0.3) is 0 Å². The maximum atomic E-state index is 11.5. The summed E-state index contributed by atoms with van der Waals surface area (Å²) in [7, 11) is 1.63. The molecule has 4 nitrogen and oxygen atoms in total. The third kappa shape index (κ3) is 4.06. The van der Waals surface area contributed by atoms with Crippen molar-refractivity contribution in [2.24, 2.45) is 0 Å². The number of hydrogen-bond acceptors (Lipinski definition) is 5. The topological polar surface area (TPSA) is 48.4 Å². The molecule has 5 heteroatoms. The number of Topliss-reactive ketones (excluding diaryl/α,β-unsaturated/α-hetero) is 1. The van der Waals surface area contributed by atoms with Crippen molar-refractivity contribution in [2.45, 2.75) is 20.5 Å². The third-order valence-electron chi connectivity index (χ3n) is 3.75. The Labute approximate surface area is 151 Å². The van der Waals surface area contributed by atoms with E-state index in [2.05, 4.69) is 4.98 Å². The maximum absolute atomic E-state index is 11.5. The molecule has 0 saturated heterocycles. The number of carbonyl (C=O) groups is 1. The van der Waals surface area contributed by atoms with E-state index in [9.17, 15) is 4.79 Å². The molecular weight excluding hydrogens is 334 g/mol. The van der Waals surface area contributed by atoms with Gasteiger partial charge in [0.05, 0.1) is 12.0 Å².